The van der Waals surface area contributed by atoms with Crippen LogP contribution in [0.25, 0.3) is 0 Å². The van der Waals surface area contributed by atoms with Gasteiger partial charge < -0.3 is 15.5 Å². The lowest BCUT2D eigenvalue weighted by Crippen LogP contribution is -2.06. The van der Waals surface area contributed by atoms with Gasteiger partial charge in [-0.2, -0.15) is 0 Å². The first-order chi connectivity index (χ1) is 8.25. The van der Waals surface area contributed by atoms with Gasteiger partial charge in [-0.15, -0.1) is 0 Å². The molecule has 0 aliphatic rings. The molecule has 0 aromatic heterocycles. The maximum Gasteiger partial charge on any atom is 0.337 e. The van der Waals surface area contributed by atoms with Crippen molar-refractivity contribution in [2.75, 3.05) is 18.5 Å². The number of carboxylic acid groups (broad SMARTS) is 1. The molecule has 0 aliphatic carbocycles. The van der Waals surface area contributed by atoms with Crippen LogP contribution >= 0.6 is 0 Å². The van der Waals surface area contributed by atoms with E-state index in [4.69, 9.17) is 10.2 Å². The van der Waals surface area contributed by atoms with Crippen molar-refractivity contribution in [3.05, 3.63) is 42.0 Å². The van der Waals surface area contributed by atoms with Crippen molar-refractivity contribution in [1.29, 1.82) is 0 Å². The van der Waals surface area contributed by atoms with Crippen LogP contribution < -0.4 is 5.32 Å². The van der Waals surface area contributed by atoms with Crippen molar-refractivity contribution < 1.29 is 15.0 Å². The molecule has 0 saturated heterocycles. The molecule has 1 aromatic carbocycles. The molecule has 0 spiro atoms. The van der Waals surface area contributed by atoms with Gasteiger partial charge >= 0.3 is 5.97 Å². The minimum atomic E-state index is -0.927. The zero-order chi connectivity index (χ0) is 12.5. The van der Waals surface area contributed by atoms with Crippen LogP contribution in [0.4, 0.5) is 5.69 Å². The second kappa shape index (κ2) is 7.46. The van der Waals surface area contributed by atoms with Gasteiger partial charge in [0.05, 0.1) is 5.56 Å². The fraction of sp³-hybridized carbons (Fsp3) is 0.308. The Morgan fingerprint density at radius 1 is 1.24 bits per heavy atom. The maximum atomic E-state index is 10.9. The number of carboxylic acids is 1. The minimum Gasteiger partial charge on any atom is -0.478 e. The fourth-order valence-corrected chi connectivity index (χ4v) is 1.42. The van der Waals surface area contributed by atoms with E-state index in [9.17, 15) is 4.79 Å². The SMILES string of the molecule is O=C(O)c1ccccc1NCCC=CCCO. The van der Waals surface area contributed by atoms with Crippen LogP contribution in [-0.4, -0.2) is 29.3 Å². The highest BCUT2D eigenvalue weighted by molar-refractivity contribution is 5.94. The highest BCUT2D eigenvalue weighted by Crippen LogP contribution is 2.14. The number of nitrogens with one attached hydrogen (secondary N) is 1. The first-order valence-corrected chi connectivity index (χ1v) is 5.57. The second-order valence-electron chi connectivity index (χ2n) is 3.55. The third-order valence-electron chi connectivity index (χ3n) is 2.25. The quantitative estimate of drug-likeness (QED) is 0.500. The molecule has 92 valence electrons. The van der Waals surface area contributed by atoms with Crippen molar-refractivity contribution in [2.45, 2.75) is 12.8 Å². The molecule has 0 heterocycles. The van der Waals surface area contributed by atoms with Crippen LogP contribution in [0.1, 0.15) is 23.2 Å². The summed E-state index contributed by atoms with van der Waals surface area (Å²) in [6, 6.07) is 6.83. The largest absolute Gasteiger partial charge is 0.478 e. The molecule has 0 unspecified atom stereocenters. The van der Waals surface area contributed by atoms with Crippen molar-refractivity contribution in [3.8, 4) is 0 Å². The molecular weight excluding hydrogens is 218 g/mol. The number of aliphatic hydroxyl groups is 1. The van der Waals surface area contributed by atoms with Gasteiger partial charge in [0.25, 0.3) is 0 Å². The Labute approximate surface area is 101 Å². The summed E-state index contributed by atoms with van der Waals surface area (Å²) in [7, 11) is 0. The molecule has 0 amide bonds. The molecule has 0 saturated carbocycles. The van der Waals surface area contributed by atoms with Gasteiger partial charge in [0.2, 0.25) is 0 Å². The Balaban J connectivity index is 2.44. The minimum absolute atomic E-state index is 0.159. The van der Waals surface area contributed by atoms with Gasteiger partial charge in [0.1, 0.15) is 0 Å². The number of rotatable bonds is 7. The summed E-state index contributed by atoms with van der Waals surface area (Å²) in [4.78, 5) is 10.9. The molecule has 4 heteroatoms. The molecule has 0 bridgehead atoms. The van der Waals surface area contributed by atoms with Crippen LogP contribution in [-0.2, 0) is 0 Å². The van der Waals surface area contributed by atoms with Gasteiger partial charge in [-0.3, -0.25) is 0 Å². The third-order valence-corrected chi connectivity index (χ3v) is 2.25. The molecule has 1 aromatic rings. The standard InChI is InChI=1S/C13H17NO3/c15-10-6-2-1-5-9-14-12-8-4-3-7-11(12)13(16)17/h1-4,7-8,14-15H,5-6,9-10H2,(H,16,17). The number of benzene rings is 1. The molecule has 17 heavy (non-hydrogen) atoms. The topological polar surface area (TPSA) is 69.6 Å². The number of hydrogen-bond acceptors (Lipinski definition) is 3. The summed E-state index contributed by atoms with van der Waals surface area (Å²) in [5.41, 5.74) is 0.919. The lowest BCUT2D eigenvalue weighted by atomic mass is 10.2. The van der Waals surface area contributed by atoms with E-state index in [1.165, 1.54) is 0 Å². The second-order valence-corrected chi connectivity index (χ2v) is 3.55. The Bertz CT molecular complexity index is 388. The molecule has 0 aliphatic heterocycles. The van der Waals surface area contributed by atoms with E-state index < -0.39 is 5.97 Å². The van der Waals surface area contributed by atoms with Crippen molar-refractivity contribution in [2.24, 2.45) is 0 Å². The van der Waals surface area contributed by atoms with E-state index >= 15 is 0 Å². The third kappa shape index (κ3) is 4.70. The number of anilines is 1. The van der Waals surface area contributed by atoms with E-state index in [1.807, 2.05) is 12.2 Å². The summed E-state index contributed by atoms with van der Waals surface area (Å²) in [5.74, 6) is -0.927. The van der Waals surface area contributed by atoms with E-state index in [-0.39, 0.29) is 12.2 Å². The van der Waals surface area contributed by atoms with E-state index in [2.05, 4.69) is 5.32 Å². The maximum absolute atomic E-state index is 10.9. The number of carbonyl (C=O) groups is 1. The van der Waals surface area contributed by atoms with E-state index in [0.29, 0.717) is 18.7 Å². The van der Waals surface area contributed by atoms with Crippen molar-refractivity contribution in [3.63, 3.8) is 0 Å². The van der Waals surface area contributed by atoms with Gasteiger partial charge in [-0.25, -0.2) is 4.79 Å². The molecule has 0 atom stereocenters. The Morgan fingerprint density at radius 3 is 2.65 bits per heavy atom. The number of aliphatic hydroxyl groups excluding tert-OH is 1. The summed E-state index contributed by atoms with van der Waals surface area (Å²) >= 11 is 0. The van der Waals surface area contributed by atoms with Gasteiger partial charge in [-0.1, -0.05) is 24.3 Å². The predicted molar refractivity (Wildman–Crippen MR) is 67.4 cm³/mol. The van der Waals surface area contributed by atoms with E-state index in [0.717, 1.165) is 6.42 Å². The molecule has 1 rings (SSSR count). The highest BCUT2D eigenvalue weighted by Gasteiger charge is 2.07. The van der Waals surface area contributed by atoms with E-state index in [1.54, 1.807) is 24.3 Å². The summed E-state index contributed by atoms with van der Waals surface area (Å²) in [5, 5.41) is 20.6. The van der Waals surface area contributed by atoms with Crippen LogP contribution in [0.3, 0.4) is 0 Å². The first-order valence-electron chi connectivity index (χ1n) is 5.57. The molecule has 3 N–H and O–H groups in total. The summed E-state index contributed by atoms with van der Waals surface area (Å²) < 4.78 is 0. The average Bonchev–Trinajstić information content (AvgIpc) is 2.34. The Morgan fingerprint density at radius 2 is 1.94 bits per heavy atom. The lowest BCUT2D eigenvalue weighted by molar-refractivity contribution is 0.0698. The smallest absolute Gasteiger partial charge is 0.337 e. The van der Waals surface area contributed by atoms with Crippen LogP contribution in [0.2, 0.25) is 0 Å². The van der Waals surface area contributed by atoms with Gasteiger partial charge in [0.15, 0.2) is 0 Å². The normalized spacial score (nSPS) is 10.6. The molecule has 0 radical (unpaired) electrons. The van der Waals surface area contributed by atoms with Gasteiger partial charge in [-0.05, 0) is 25.0 Å². The van der Waals surface area contributed by atoms with Crippen LogP contribution in [0.5, 0.6) is 0 Å². The average molecular weight is 235 g/mol. The highest BCUT2D eigenvalue weighted by atomic mass is 16.4. The number of aromatic carboxylic acids is 1. The van der Waals surface area contributed by atoms with Crippen LogP contribution in [0.15, 0.2) is 36.4 Å². The fourth-order valence-electron chi connectivity index (χ4n) is 1.42. The number of hydrogen-bond donors (Lipinski definition) is 3. The number of para-hydroxylation sites is 1. The summed E-state index contributed by atoms with van der Waals surface area (Å²) in [6.07, 6.45) is 5.33. The summed E-state index contributed by atoms with van der Waals surface area (Å²) in [6.45, 7) is 0.831. The molecule has 4 nitrogen and oxygen atoms in total. The zero-order valence-electron chi connectivity index (χ0n) is 9.60. The zero-order valence-corrected chi connectivity index (χ0v) is 9.60. The lowest BCUT2D eigenvalue weighted by Gasteiger charge is -2.07. The van der Waals surface area contributed by atoms with Crippen molar-refractivity contribution in [1.82, 2.24) is 0 Å². The predicted octanol–water partition coefficient (Wildman–Crippen LogP) is 2.13. The molecule has 0 fully saturated rings. The first kappa shape index (κ1) is 13.3. The molecular formula is C13H17NO3. The van der Waals surface area contributed by atoms with Crippen LogP contribution in [0, 0.1) is 0 Å². The Kier molecular flexibility index (Phi) is 5.82. The van der Waals surface area contributed by atoms with Gasteiger partial charge in [0, 0.05) is 18.8 Å². The Hall–Kier alpha value is -1.81. The van der Waals surface area contributed by atoms with Crippen molar-refractivity contribution >= 4 is 11.7 Å². The monoisotopic (exact) mass is 235 g/mol.